The van der Waals surface area contributed by atoms with Gasteiger partial charge in [-0.15, -0.1) is 0 Å². The zero-order valence-electron chi connectivity index (χ0n) is 42.6. The van der Waals surface area contributed by atoms with Gasteiger partial charge in [0.15, 0.2) is 0 Å². The van der Waals surface area contributed by atoms with Crippen molar-refractivity contribution in [2.45, 2.75) is 193 Å². The predicted molar refractivity (Wildman–Crippen MR) is 285 cm³/mol. The molecule has 0 aromatic heterocycles. The lowest BCUT2D eigenvalue weighted by atomic mass is 10.0. The molecule has 0 aromatic rings. The zero-order valence-corrected chi connectivity index (χ0v) is 43.5. The van der Waals surface area contributed by atoms with Crippen LogP contribution in [0.3, 0.4) is 0 Å². The van der Waals surface area contributed by atoms with Crippen molar-refractivity contribution in [1.82, 2.24) is 5.32 Å². The van der Waals surface area contributed by atoms with E-state index in [-0.39, 0.29) is 19.1 Å². The SMILES string of the molecule is CC/C=C\C/C=C\C/C=C\C/C=C\C/C=C\C/C=C\C/C=C\C/C=C\C/C=C\C/C=C\CCCCCCCCC(=O)NC(COP(=O)(O)OCC[N+](C)(C)C)C(O)CCCCCCCCC. The van der Waals surface area contributed by atoms with E-state index in [1.165, 1.54) is 38.5 Å². The normalized spacial score (nSPS) is 15.1. The molecule has 3 unspecified atom stereocenters. The van der Waals surface area contributed by atoms with E-state index in [9.17, 15) is 19.4 Å². The van der Waals surface area contributed by atoms with Crippen molar-refractivity contribution in [3.05, 3.63) is 122 Å². The average Bonchev–Trinajstić information content (AvgIpc) is 3.28. The summed E-state index contributed by atoms with van der Waals surface area (Å²) in [6.45, 7) is 4.68. The van der Waals surface area contributed by atoms with Crippen LogP contribution in [0.1, 0.15) is 181 Å². The Hall–Kier alpha value is -3.10. The number of phosphoric ester groups is 1. The number of carbonyl (C=O) groups is 1. The second-order valence-electron chi connectivity index (χ2n) is 18.2. The van der Waals surface area contributed by atoms with Crippen LogP contribution in [-0.2, 0) is 18.4 Å². The Labute approximate surface area is 405 Å². The molecule has 0 aliphatic heterocycles. The van der Waals surface area contributed by atoms with Gasteiger partial charge < -0.3 is 19.8 Å². The first kappa shape index (κ1) is 62.9. The van der Waals surface area contributed by atoms with E-state index < -0.39 is 20.0 Å². The number of amides is 1. The number of allylic oxidation sites excluding steroid dienone is 20. The summed E-state index contributed by atoms with van der Waals surface area (Å²) < 4.78 is 23.5. The molecule has 0 fully saturated rings. The first-order valence-electron chi connectivity index (χ1n) is 25.9. The maximum Gasteiger partial charge on any atom is 0.472 e. The van der Waals surface area contributed by atoms with E-state index in [1.54, 1.807) is 0 Å². The van der Waals surface area contributed by atoms with Gasteiger partial charge in [-0.1, -0.05) is 206 Å². The number of rotatable bonds is 45. The lowest BCUT2D eigenvalue weighted by molar-refractivity contribution is -0.870. The van der Waals surface area contributed by atoms with Gasteiger partial charge in [0, 0.05) is 6.42 Å². The van der Waals surface area contributed by atoms with E-state index in [2.05, 4.69) is 141 Å². The van der Waals surface area contributed by atoms with Crippen molar-refractivity contribution >= 4 is 13.7 Å². The van der Waals surface area contributed by atoms with Crippen LogP contribution in [0.4, 0.5) is 0 Å². The summed E-state index contributed by atoms with van der Waals surface area (Å²) in [6, 6.07) is -0.774. The number of phosphoric acid groups is 1. The third kappa shape index (κ3) is 48.8. The lowest BCUT2D eigenvalue weighted by Crippen LogP contribution is -2.46. The summed E-state index contributed by atoms with van der Waals surface area (Å²) >= 11 is 0. The van der Waals surface area contributed by atoms with E-state index >= 15 is 0 Å². The molecular formula is C57H98N2O6P+. The largest absolute Gasteiger partial charge is 0.472 e. The summed E-state index contributed by atoms with van der Waals surface area (Å²) in [5, 5.41) is 13.8. The molecule has 0 spiro atoms. The molecule has 9 heteroatoms. The minimum atomic E-state index is -4.32. The maximum absolute atomic E-state index is 12.9. The van der Waals surface area contributed by atoms with E-state index in [1.807, 2.05) is 21.1 Å². The number of hydrogen-bond acceptors (Lipinski definition) is 5. The average molecular weight is 938 g/mol. The Morgan fingerprint density at radius 3 is 1.33 bits per heavy atom. The number of nitrogens with one attached hydrogen (secondary N) is 1. The van der Waals surface area contributed by atoms with Crippen molar-refractivity contribution in [2.75, 3.05) is 40.9 Å². The van der Waals surface area contributed by atoms with E-state index in [0.717, 1.165) is 116 Å². The standard InChI is InChI=1S/C57H97N2O6P/c1-6-8-10-12-14-15-16-17-18-19-20-21-22-23-24-25-26-27-28-29-30-31-32-33-34-35-36-37-38-39-40-41-42-43-45-47-49-51-57(61)58-55(56(60)50-48-46-44-13-11-9-7-2)54-65-66(62,63)64-53-52-59(3,4)5/h8,10,14-15,17-18,20-21,23-24,26-27,29-30,32-33,35-36,38-39,55-56,60H,6-7,9,11-13,16,19,22,25,28,31,34,37,40-54H2,1-5H3,(H-,58,61,62,63)/p+1/b10-8-,15-14-,18-17-,21-20-,24-23-,27-26-,30-29-,33-32-,36-35-,39-38-. The molecule has 376 valence electrons. The number of hydrogen-bond donors (Lipinski definition) is 3. The molecule has 0 heterocycles. The summed E-state index contributed by atoms with van der Waals surface area (Å²) in [4.78, 5) is 23.1. The summed E-state index contributed by atoms with van der Waals surface area (Å²) in [5.41, 5.74) is 0. The van der Waals surface area contributed by atoms with Gasteiger partial charge in [-0.3, -0.25) is 13.8 Å². The van der Waals surface area contributed by atoms with Gasteiger partial charge in [-0.2, -0.15) is 0 Å². The van der Waals surface area contributed by atoms with Gasteiger partial charge >= 0.3 is 7.82 Å². The highest BCUT2D eigenvalue weighted by atomic mass is 31.2. The first-order valence-corrected chi connectivity index (χ1v) is 27.4. The topological polar surface area (TPSA) is 105 Å². The Morgan fingerprint density at radius 1 is 0.530 bits per heavy atom. The number of aliphatic hydroxyl groups is 1. The molecule has 66 heavy (non-hydrogen) atoms. The van der Waals surface area contributed by atoms with Crippen molar-refractivity contribution in [3.63, 3.8) is 0 Å². The van der Waals surface area contributed by atoms with Crippen LogP contribution in [0, 0.1) is 0 Å². The van der Waals surface area contributed by atoms with Gasteiger partial charge in [0.2, 0.25) is 5.91 Å². The Morgan fingerprint density at radius 2 is 0.909 bits per heavy atom. The number of aliphatic hydroxyl groups excluding tert-OH is 1. The third-order valence-electron chi connectivity index (χ3n) is 10.7. The van der Waals surface area contributed by atoms with Gasteiger partial charge in [0.1, 0.15) is 13.2 Å². The van der Waals surface area contributed by atoms with Crippen LogP contribution in [0.5, 0.6) is 0 Å². The number of unbranched alkanes of at least 4 members (excludes halogenated alkanes) is 12. The van der Waals surface area contributed by atoms with Crippen LogP contribution >= 0.6 is 7.82 Å². The van der Waals surface area contributed by atoms with Crippen LogP contribution < -0.4 is 5.32 Å². The fraction of sp³-hybridized carbons (Fsp3) is 0.632. The predicted octanol–water partition coefficient (Wildman–Crippen LogP) is 15.4. The second-order valence-corrected chi connectivity index (χ2v) is 19.6. The maximum atomic E-state index is 12.9. The van der Waals surface area contributed by atoms with Crippen LogP contribution in [0.15, 0.2) is 122 Å². The summed E-state index contributed by atoms with van der Waals surface area (Å²) in [6.07, 6.45) is 69.9. The highest BCUT2D eigenvalue weighted by Crippen LogP contribution is 2.43. The highest BCUT2D eigenvalue weighted by molar-refractivity contribution is 7.47. The van der Waals surface area contributed by atoms with Crippen molar-refractivity contribution in [3.8, 4) is 0 Å². The third-order valence-corrected chi connectivity index (χ3v) is 11.7. The van der Waals surface area contributed by atoms with Crippen molar-refractivity contribution < 1.29 is 32.9 Å². The summed E-state index contributed by atoms with van der Waals surface area (Å²) in [5.74, 6) is -0.170. The molecule has 1 amide bonds. The van der Waals surface area contributed by atoms with Crippen molar-refractivity contribution in [2.24, 2.45) is 0 Å². The second kappa shape index (κ2) is 47.0. The molecule has 3 atom stereocenters. The van der Waals surface area contributed by atoms with Gasteiger partial charge in [0.05, 0.1) is 39.9 Å². The minimum absolute atomic E-state index is 0.0645. The lowest BCUT2D eigenvalue weighted by Gasteiger charge is -2.26. The Bertz CT molecular complexity index is 1480. The highest BCUT2D eigenvalue weighted by Gasteiger charge is 2.28. The number of quaternary nitrogens is 1. The number of carbonyl (C=O) groups excluding carboxylic acids is 1. The minimum Gasteiger partial charge on any atom is -0.391 e. The molecule has 0 aliphatic carbocycles. The van der Waals surface area contributed by atoms with Gasteiger partial charge in [0.25, 0.3) is 0 Å². The molecule has 0 bridgehead atoms. The van der Waals surface area contributed by atoms with Crippen LogP contribution in [0.2, 0.25) is 0 Å². The molecular weight excluding hydrogens is 840 g/mol. The van der Waals surface area contributed by atoms with E-state index in [0.29, 0.717) is 23.9 Å². The molecule has 0 aliphatic rings. The first-order chi connectivity index (χ1) is 32.0. The molecule has 0 radical (unpaired) electrons. The Kier molecular flexibility index (Phi) is 44.8. The molecule has 0 rings (SSSR count). The molecule has 0 aromatic carbocycles. The molecule has 8 nitrogen and oxygen atoms in total. The molecule has 0 saturated carbocycles. The van der Waals surface area contributed by atoms with Gasteiger partial charge in [-0.05, 0) is 89.9 Å². The summed E-state index contributed by atoms with van der Waals surface area (Å²) in [7, 11) is 1.58. The van der Waals surface area contributed by atoms with Gasteiger partial charge in [-0.25, -0.2) is 4.57 Å². The number of nitrogens with zero attached hydrogens (tertiary/aromatic N) is 1. The van der Waals surface area contributed by atoms with Crippen molar-refractivity contribution in [1.29, 1.82) is 0 Å². The molecule has 0 saturated heterocycles. The Balaban J connectivity index is 4.07. The fourth-order valence-corrected chi connectivity index (χ4v) is 7.40. The fourth-order valence-electron chi connectivity index (χ4n) is 6.66. The zero-order chi connectivity index (χ0) is 48.5. The quantitative estimate of drug-likeness (QED) is 0.0243. The van der Waals surface area contributed by atoms with Crippen LogP contribution in [-0.4, -0.2) is 73.4 Å². The smallest absolute Gasteiger partial charge is 0.391 e. The van der Waals surface area contributed by atoms with Crippen LogP contribution in [0.25, 0.3) is 0 Å². The molecule has 3 N–H and O–H groups in total. The number of likely N-dealkylation sites (N-methyl/N-ethyl adjacent to an activating group) is 1. The van der Waals surface area contributed by atoms with E-state index in [4.69, 9.17) is 9.05 Å². The monoisotopic (exact) mass is 938 g/mol.